The molecular weight excluding hydrogens is 348 g/mol. The molecule has 0 saturated carbocycles. The van der Waals surface area contributed by atoms with E-state index in [0.29, 0.717) is 10.2 Å². The van der Waals surface area contributed by atoms with Crippen molar-refractivity contribution < 1.29 is 9.90 Å². The summed E-state index contributed by atoms with van der Waals surface area (Å²) < 4.78 is 1.41. The van der Waals surface area contributed by atoms with Crippen LogP contribution in [-0.2, 0) is 11.3 Å². The van der Waals surface area contributed by atoms with E-state index >= 15 is 0 Å². The monoisotopic (exact) mass is 370 g/mol. The number of carbonyl (C=O) groups is 1. The predicted molar refractivity (Wildman–Crippen MR) is 105 cm³/mol. The van der Waals surface area contributed by atoms with Gasteiger partial charge in [-0.3, -0.25) is 14.2 Å². The minimum Gasteiger partial charge on any atom is -0.481 e. The Hall–Kier alpha value is -2.47. The van der Waals surface area contributed by atoms with E-state index in [2.05, 4.69) is 31.0 Å². The number of nitrogens with zero attached hydrogens (tertiary/aromatic N) is 2. The Kier molecular flexibility index (Phi) is 4.48. The predicted octanol–water partition coefficient (Wildman–Crippen LogP) is 4.16. The van der Waals surface area contributed by atoms with E-state index in [4.69, 9.17) is 0 Å². The molecule has 0 unspecified atom stereocenters. The van der Waals surface area contributed by atoms with Gasteiger partial charge in [0, 0.05) is 17.0 Å². The molecule has 26 heavy (non-hydrogen) atoms. The topological polar surface area (TPSA) is 72.2 Å². The third-order valence-electron chi connectivity index (χ3n) is 4.79. The Morgan fingerprint density at radius 1 is 1.23 bits per heavy atom. The van der Waals surface area contributed by atoms with E-state index in [1.165, 1.54) is 27.8 Å². The number of carboxylic acid groups (broad SMARTS) is 1. The van der Waals surface area contributed by atoms with E-state index < -0.39 is 11.4 Å². The van der Waals surface area contributed by atoms with Crippen molar-refractivity contribution in [3.05, 3.63) is 50.9 Å². The SMILES string of the molecule is Cc1ccc(-c2c(C)sc3ncn(CC(C)(C)C(=O)O)c(=O)c23)cc1C. The van der Waals surface area contributed by atoms with Crippen molar-refractivity contribution in [3.8, 4) is 11.1 Å². The van der Waals surface area contributed by atoms with Gasteiger partial charge in [0.2, 0.25) is 0 Å². The maximum atomic E-state index is 13.1. The number of fused-ring (bicyclic) bond motifs is 1. The Morgan fingerprint density at radius 2 is 1.92 bits per heavy atom. The van der Waals surface area contributed by atoms with Crippen LogP contribution in [0.3, 0.4) is 0 Å². The zero-order chi connectivity index (χ0) is 19.2. The van der Waals surface area contributed by atoms with E-state index in [0.717, 1.165) is 21.6 Å². The van der Waals surface area contributed by atoms with E-state index in [1.54, 1.807) is 13.8 Å². The van der Waals surface area contributed by atoms with Crippen molar-refractivity contribution >= 4 is 27.5 Å². The standard InChI is InChI=1S/C20H22N2O3S/c1-11-6-7-14(8-12(11)2)15-13(3)26-17-16(15)18(23)22(10-21-17)9-20(4,5)19(24)25/h6-8,10H,9H2,1-5H3,(H,24,25). The summed E-state index contributed by atoms with van der Waals surface area (Å²) in [4.78, 5) is 30.7. The molecule has 5 nitrogen and oxygen atoms in total. The second-order valence-corrected chi connectivity index (χ2v) is 8.58. The Morgan fingerprint density at radius 3 is 2.54 bits per heavy atom. The largest absolute Gasteiger partial charge is 0.481 e. The molecule has 0 aliphatic carbocycles. The first-order valence-corrected chi connectivity index (χ1v) is 9.23. The molecular formula is C20H22N2O3S. The molecule has 6 heteroatoms. The summed E-state index contributed by atoms with van der Waals surface area (Å²) in [7, 11) is 0. The fourth-order valence-electron chi connectivity index (χ4n) is 2.99. The number of aliphatic carboxylic acids is 1. The number of benzene rings is 1. The molecule has 0 saturated heterocycles. The van der Waals surface area contributed by atoms with E-state index in [9.17, 15) is 14.7 Å². The number of aryl methyl sites for hydroxylation is 3. The molecule has 0 aliphatic rings. The molecule has 1 aromatic carbocycles. The summed E-state index contributed by atoms with van der Waals surface area (Å²) in [6.45, 7) is 9.38. The number of hydrogen-bond donors (Lipinski definition) is 1. The third kappa shape index (κ3) is 3.05. The van der Waals surface area contributed by atoms with Gasteiger partial charge in [-0.2, -0.15) is 0 Å². The smallest absolute Gasteiger partial charge is 0.310 e. The summed E-state index contributed by atoms with van der Waals surface area (Å²) in [6.07, 6.45) is 1.45. The lowest BCUT2D eigenvalue weighted by molar-refractivity contribution is -0.147. The quantitative estimate of drug-likeness (QED) is 0.748. The van der Waals surface area contributed by atoms with Crippen LogP contribution in [0.5, 0.6) is 0 Å². The van der Waals surface area contributed by atoms with Gasteiger partial charge >= 0.3 is 5.97 Å². The van der Waals surface area contributed by atoms with E-state index in [-0.39, 0.29) is 12.1 Å². The highest BCUT2D eigenvalue weighted by Crippen LogP contribution is 2.36. The fourth-order valence-corrected chi connectivity index (χ4v) is 3.99. The van der Waals surface area contributed by atoms with Gasteiger partial charge in [-0.25, -0.2) is 4.98 Å². The summed E-state index contributed by atoms with van der Waals surface area (Å²) in [6, 6.07) is 6.16. The molecule has 2 aromatic heterocycles. The highest BCUT2D eigenvalue weighted by atomic mass is 32.1. The number of rotatable bonds is 4. The van der Waals surface area contributed by atoms with Crippen LogP contribution in [0.15, 0.2) is 29.3 Å². The molecule has 0 fully saturated rings. The molecule has 0 bridgehead atoms. The van der Waals surface area contributed by atoms with Crippen LogP contribution in [0, 0.1) is 26.2 Å². The van der Waals surface area contributed by atoms with Crippen molar-refractivity contribution in [2.24, 2.45) is 5.41 Å². The second kappa shape index (κ2) is 6.36. The molecule has 3 rings (SSSR count). The first-order valence-electron chi connectivity index (χ1n) is 8.41. The first kappa shape index (κ1) is 18.3. The average Bonchev–Trinajstić information content (AvgIpc) is 2.89. The van der Waals surface area contributed by atoms with Gasteiger partial charge in [-0.15, -0.1) is 11.3 Å². The maximum Gasteiger partial charge on any atom is 0.310 e. The highest BCUT2D eigenvalue weighted by molar-refractivity contribution is 7.19. The van der Waals surface area contributed by atoms with Gasteiger partial charge in [0.15, 0.2) is 0 Å². The van der Waals surface area contributed by atoms with E-state index in [1.807, 2.05) is 13.0 Å². The molecule has 3 aromatic rings. The highest BCUT2D eigenvalue weighted by Gasteiger charge is 2.29. The normalized spacial score (nSPS) is 11.9. The lowest BCUT2D eigenvalue weighted by atomic mass is 9.93. The van der Waals surface area contributed by atoms with Crippen LogP contribution in [0.2, 0.25) is 0 Å². The zero-order valence-corrected chi connectivity index (χ0v) is 16.4. The van der Waals surface area contributed by atoms with Crippen molar-refractivity contribution in [1.82, 2.24) is 9.55 Å². The lowest BCUT2D eigenvalue weighted by Crippen LogP contribution is -2.34. The Bertz CT molecular complexity index is 1080. The van der Waals surface area contributed by atoms with Crippen LogP contribution in [-0.4, -0.2) is 20.6 Å². The molecule has 1 N–H and O–H groups in total. The maximum absolute atomic E-state index is 13.1. The van der Waals surface area contributed by atoms with Crippen LogP contribution in [0.4, 0.5) is 0 Å². The van der Waals surface area contributed by atoms with Crippen LogP contribution >= 0.6 is 11.3 Å². The minimum absolute atomic E-state index is 0.0748. The Balaban J connectivity index is 2.23. The van der Waals surface area contributed by atoms with Crippen molar-refractivity contribution in [2.45, 2.75) is 41.2 Å². The lowest BCUT2D eigenvalue weighted by Gasteiger charge is -2.20. The van der Waals surface area contributed by atoms with Gasteiger partial charge in [0.1, 0.15) is 4.83 Å². The number of hydrogen-bond acceptors (Lipinski definition) is 4. The summed E-state index contributed by atoms with van der Waals surface area (Å²) in [5.41, 5.74) is 3.01. The second-order valence-electron chi connectivity index (χ2n) is 7.38. The van der Waals surface area contributed by atoms with Gasteiger partial charge in [-0.1, -0.05) is 18.2 Å². The van der Waals surface area contributed by atoms with Crippen molar-refractivity contribution in [3.63, 3.8) is 0 Å². The summed E-state index contributed by atoms with van der Waals surface area (Å²) in [5, 5.41) is 9.94. The third-order valence-corrected chi connectivity index (χ3v) is 5.81. The van der Waals surface area contributed by atoms with Crippen LogP contribution in [0.1, 0.15) is 29.9 Å². The van der Waals surface area contributed by atoms with Crippen LogP contribution < -0.4 is 5.56 Å². The average molecular weight is 370 g/mol. The molecule has 0 amide bonds. The molecule has 136 valence electrons. The minimum atomic E-state index is -1.05. The van der Waals surface area contributed by atoms with Crippen LogP contribution in [0.25, 0.3) is 21.3 Å². The molecule has 0 aliphatic heterocycles. The molecule has 0 spiro atoms. The van der Waals surface area contributed by atoms with Crippen molar-refractivity contribution in [1.29, 1.82) is 0 Å². The number of carboxylic acids is 1. The summed E-state index contributed by atoms with van der Waals surface area (Å²) >= 11 is 1.49. The number of thiophene rings is 1. The van der Waals surface area contributed by atoms with Gasteiger partial charge in [0.25, 0.3) is 5.56 Å². The summed E-state index contributed by atoms with van der Waals surface area (Å²) in [5.74, 6) is -0.944. The first-order chi connectivity index (χ1) is 12.1. The molecule has 0 atom stereocenters. The number of aromatic nitrogens is 2. The zero-order valence-electron chi connectivity index (χ0n) is 15.6. The molecule has 2 heterocycles. The fraction of sp³-hybridized carbons (Fsp3) is 0.350. The van der Waals surface area contributed by atoms with Gasteiger partial charge in [-0.05, 0) is 51.3 Å². The van der Waals surface area contributed by atoms with Gasteiger partial charge in [0.05, 0.1) is 17.1 Å². The van der Waals surface area contributed by atoms with Gasteiger partial charge < -0.3 is 5.11 Å². The van der Waals surface area contributed by atoms with Crippen molar-refractivity contribution in [2.75, 3.05) is 0 Å². The molecule has 0 radical (unpaired) electrons. The Labute approximate surface area is 155 Å².